The summed E-state index contributed by atoms with van der Waals surface area (Å²) in [6.07, 6.45) is 2.94. The van der Waals surface area contributed by atoms with Gasteiger partial charge in [0.15, 0.2) is 5.79 Å². The minimum atomic E-state index is -2.08. The van der Waals surface area contributed by atoms with Crippen LogP contribution >= 0.6 is 0 Å². The molecule has 1 unspecified atom stereocenters. The average Bonchev–Trinajstić information content (AvgIpc) is 3.25. The number of rotatable bonds is 7. The van der Waals surface area contributed by atoms with Gasteiger partial charge in [-0.25, -0.2) is 0 Å². The zero-order chi connectivity index (χ0) is 21.3. The van der Waals surface area contributed by atoms with Crippen molar-refractivity contribution < 1.29 is 18.7 Å². The number of hydroxylamine groups is 2. The minimum Gasteiger partial charge on any atom is -0.496 e. The standard InChI is InChI=1S/C23H37NO4Si/c1-22(2,3)29(6,7)28-24(16-18-12-9-8-10-13-18)21(19-14-11-15-25-19)20-17-26-23(4,5)27-20/h8-10,12-14,20-21H,11,15-17H2,1-7H3/t20-,21?/m1/s1. The molecule has 0 saturated carbocycles. The Morgan fingerprint density at radius 3 is 2.41 bits per heavy atom. The number of ether oxygens (including phenoxy) is 3. The summed E-state index contributed by atoms with van der Waals surface area (Å²) in [4.78, 5) is 0. The van der Waals surface area contributed by atoms with Crippen LogP contribution in [0.5, 0.6) is 0 Å². The molecule has 1 saturated heterocycles. The van der Waals surface area contributed by atoms with E-state index in [4.69, 9.17) is 18.7 Å². The Labute approximate surface area is 177 Å². The van der Waals surface area contributed by atoms with E-state index in [0.717, 1.165) is 12.2 Å². The molecule has 0 aromatic heterocycles. The summed E-state index contributed by atoms with van der Waals surface area (Å²) in [5.41, 5.74) is 1.20. The van der Waals surface area contributed by atoms with Crippen LogP contribution in [-0.2, 0) is 25.3 Å². The van der Waals surface area contributed by atoms with Crippen molar-refractivity contribution >= 4 is 8.32 Å². The van der Waals surface area contributed by atoms with Gasteiger partial charge in [0.25, 0.3) is 0 Å². The molecule has 0 N–H and O–H groups in total. The summed E-state index contributed by atoms with van der Waals surface area (Å²) in [6, 6.07) is 10.3. The molecule has 3 rings (SSSR count). The highest BCUT2D eigenvalue weighted by atomic mass is 28.4. The fourth-order valence-corrected chi connectivity index (χ4v) is 4.44. The van der Waals surface area contributed by atoms with Crippen molar-refractivity contribution in [2.75, 3.05) is 13.2 Å². The Bertz CT molecular complexity index is 711. The lowest BCUT2D eigenvalue weighted by Crippen LogP contribution is -2.53. The number of nitrogens with zero attached hydrogens (tertiary/aromatic N) is 1. The highest BCUT2D eigenvalue weighted by molar-refractivity contribution is 6.74. The van der Waals surface area contributed by atoms with E-state index in [1.54, 1.807) is 0 Å². The van der Waals surface area contributed by atoms with Crippen LogP contribution in [0, 0.1) is 0 Å². The van der Waals surface area contributed by atoms with E-state index in [1.165, 1.54) is 5.56 Å². The van der Waals surface area contributed by atoms with Gasteiger partial charge in [-0.2, -0.15) is 5.06 Å². The summed E-state index contributed by atoms with van der Waals surface area (Å²) in [5, 5.41) is 2.20. The minimum absolute atomic E-state index is 0.0870. The van der Waals surface area contributed by atoms with E-state index in [0.29, 0.717) is 19.8 Å². The van der Waals surface area contributed by atoms with Crippen LogP contribution in [0.2, 0.25) is 18.1 Å². The molecule has 2 atom stereocenters. The van der Waals surface area contributed by atoms with Gasteiger partial charge in [0.05, 0.1) is 13.2 Å². The molecular formula is C23H37NO4Si. The molecule has 29 heavy (non-hydrogen) atoms. The van der Waals surface area contributed by atoms with Crippen LogP contribution in [0.15, 0.2) is 42.2 Å². The van der Waals surface area contributed by atoms with Crippen molar-refractivity contribution in [3.63, 3.8) is 0 Å². The fourth-order valence-electron chi connectivity index (χ4n) is 3.41. The highest BCUT2D eigenvalue weighted by Crippen LogP contribution is 2.40. The fraction of sp³-hybridized carbons (Fsp3) is 0.652. The van der Waals surface area contributed by atoms with Gasteiger partial charge in [-0.05, 0) is 43.6 Å². The Hall–Kier alpha value is -1.18. The van der Waals surface area contributed by atoms with Crippen LogP contribution in [-0.4, -0.2) is 44.5 Å². The van der Waals surface area contributed by atoms with E-state index >= 15 is 0 Å². The Balaban J connectivity index is 1.95. The predicted molar refractivity (Wildman–Crippen MR) is 118 cm³/mol. The zero-order valence-corrected chi connectivity index (χ0v) is 20.0. The van der Waals surface area contributed by atoms with Crippen molar-refractivity contribution in [1.29, 1.82) is 0 Å². The van der Waals surface area contributed by atoms with Gasteiger partial charge in [-0.15, -0.1) is 0 Å². The first-order valence-corrected chi connectivity index (χ1v) is 13.5. The molecule has 2 heterocycles. The smallest absolute Gasteiger partial charge is 0.220 e. The van der Waals surface area contributed by atoms with E-state index in [1.807, 2.05) is 19.9 Å². The molecule has 1 aromatic carbocycles. The van der Waals surface area contributed by atoms with Crippen LogP contribution in [0.3, 0.4) is 0 Å². The molecule has 1 fully saturated rings. The lowest BCUT2D eigenvalue weighted by molar-refractivity contribution is -0.179. The largest absolute Gasteiger partial charge is 0.496 e. The third kappa shape index (κ3) is 5.50. The average molecular weight is 420 g/mol. The molecule has 0 aliphatic carbocycles. The quantitative estimate of drug-likeness (QED) is 0.446. The van der Waals surface area contributed by atoms with Gasteiger partial charge in [-0.1, -0.05) is 51.1 Å². The van der Waals surface area contributed by atoms with Gasteiger partial charge in [0, 0.05) is 13.0 Å². The van der Waals surface area contributed by atoms with E-state index in [9.17, 15) is 0 Å². The Kier molecular flexibility index (Phi) is 6.61. The van der Waals surface area contributed by atoms with Crippen molar-refractivity contribution in [1.82, 2.24) is 5.06 Å². The lowest BCUT2D eigenvalue weighted by Gasteiger charge is -2.43. The summed E-state index contributed by atoms with van der Waals surface area (Å²) in [6.45, 7) is 17.2. The molecule has 0 amide bonds. The van der Waals surface area contributed by atoms with Gasteiger partial charge in [-0.3, -0.25) is 0 Å². The van der Waals surface area contributed by atoms with E-state index < -0.39 is 14.1 Å². The molecule has 162 valence electrons. The predicted octanol–water partition coefficient (Wildman–Crippen LogP) is 5.25. The van der Waals surface area contributed by atoms with Crippen LogP contribution in [0.1, 0.15) is 46.6 Å². The molecule has 1 aromatic rings. The van der Waals surface area contributed by atoms with Gasteiger partial charge in [0.2, 0.25) is 8.32 Å². The molecule has 0 bridgehead atoms. The van der Waals surface area contributed by atoms with Crippen molar-refractivity contribution in [2.45, 2.75) is 83.6 Å². The normalized spacial score (nSPS) is 23.2. The topological polar surface area (TPSA) is 40.2 Å². The van der Waals surface area contributed by atoms with Gasteiger partial charge in [0.1, 0.15) is 17.9 Å². The molecule has 6 heteroatoms. The second kappa shape index (κ2) is 8.51. The highest BCUT2D eigenvalue weighted by Gasteiger charge is 2.47. The Morgan fingerprint density at radius 2 is 1.90 bits per heavy atom. The summed E-state index contributed by atoms with van der Waals surface area (Å²) >= 11 is 0. The first-order chi connectivity index (χ1) is 13.5. The number of hydrogen-bond donors (Lipinski definition) is 0. The van der Waals surface area contributed by atoms with Crippen LogP contribution in [0.25, 0.3) is 0 Å². The third-order valence-corrected chi connectivity index (χ3v) is 10.4. The third-order valence-electron chi connectivity index (χ3n) is 6.05. The van der Waals surface area contributed by atoms with Gasteiger partial charge >= 0.3 is 0 Å². The van der Waals surface area contributed by atoms with Crippen molar-refractivity contribution in [3.8, 4) is 0 Å². The maximum atomic E-state index is 6.88. The van der Waals surface area contributed by atoms with E-state index in [2.05, 4.69) is 69.3 Å². The zero-order valence-electron chi connectivity index (χ0n) is 19.0. The SMILES string of the molecule is CC1(C)OC[C@H](C(C2=CCCO2)N(Cc2ccccc2)O[Si](C)(C)C(C)(C)C)O1. The van der Waals surface area contributed by atoms with E-state index in [-0.39, 0.29) is 17.2 Å². The molecule has 2 aliphatic heterocycles. The van der Waals surface area contributed by atoms with Crippen molar-refractivity contribution in [3.05, 3.63) is 47.7 Å². The molecule has 0 radical (unpaired) electrons. The van der Waals surface area contributed by atoms with Crippen LogP contribution < -0.4 is 0 Å². The molecule has 5 nitrogen and oxygen atoms in total. The first kappa shape index (κ1) is 22.5. The number of benzene rings is 1. The molecule has 0 spiro atoms. The summed E-state index contributed by atoms with van der Waals surface area (Å²) < 4.78 is 25.1. The maximum absolute atomic E-state index is 6.88. The second-order valence-corrected chi connectivity index (χ2v) is 14.7. The van der Waals surface area contributed by atoms with Crippen molar-refractivity contribution in [2.24, 2.45) is 0 Å². The molecule has 2 aliphatic rings. The summed E-state index contributed by atoms with van der Waals surface area (Å²) in [7, 11) is -2.08. The monoisotopic (exact) mass is 419 g/mol. The Morgan fingerprint density at radius 1 is 1.21 bits per heavy atom. The second-order valence-electron chi connectivity index (χ2n) is 9.97. The first-order valence-electron chi connectivity index (χ1n) is 10.6. The molecular weight excluding hydrogens is 382 g/mol. The summed E-state index contributed by atoms with van der Waals surface area (Å²) in [5.74, 6) is 0.336. The van der Waals surface area contributed by atoms with Gasteiger partial charge < -0.3 is 18.7 Å². The maximum Gasteiger partial charge on any atom is 0.220 e. The number of hydrogen-bond acceptors (Lipinski definition) is 5. The lowest BCUT2D eigenvalue weighted by atomic mass is 10.1. The van der Waals surface area contributed by atoms with Crippen LogP contribution in [0.4, 0.5) is 0 Å².